The summed E-state index contributed by atoms with van der Waals surface area (Å²) >= 11 is 0. The minimum absolute atomic E-state index is 0.0462. The molecule has 0 bridgehead atoms. The van der Waals surface area contributed by atoms with Crippen LogP contribution >= 0.6 is 0 Å². The number of amides is 1. The third kappa shape index (κ3) is 4.21. The number of carbonyl (C=O) groups excluding carboxylic acids is 1. The van der Waals surface area contributed by atoms with Crippen LogP contribution in [0.3, 0.4) is 0 Å². The van der Waals surface area contributed by atoms with E-state index in [0.29, 0.717) is 6.04 Å². The van der Waals surface area contributed by atoms with Crippen molar-refractivity contribution in [3.8, 4) is 0 Å². The molecule has 4 heteroatoms. The minimum atomic E-state index is 0.0462. The summed E-state index contributed by atoms with van der Waals surface area (Å²) < 4.78 is 0. The predicted octanol–water partition coefficient (Wildman–Crippen LogP) is 2.53. The van der Waals surface area contributed by atoms with Gasteiger partial charge in [-0.3, -0.25) is 4.79 Å². The number of rotatable bonds is 4. The Labute approximate surface area is 128 Å². The molecule has 1 N–H and O–H groups in total. The van der Waals surface area contributed by atoms with Crippen molar-refractivity contribution >= 4 is 11.6 Å². The van der Waals surface area contributed by atoms with Crippen molar-refractivity contribution in [1.82, 2.24) is 9.80 Å². The van der Waals surface area contributed by atoms with E-state index in [9.17, 15) is 4.79 Å². The van der Waals surface area contributed by atoms with E-state index in [-0.39, 0.29) is 5.91 Å². The standard InChI is InChI=1S/C17H27N3O/c1-13(14-9-11-20(4)12-10-14)18-16-7-5-15(6-8-16)17(21)19(2)3/h5-8,13-14,18H,9-12H2,1-4H3. The summed E-state index contributed by atoms with van der Waals surface area (Å²) in [5.74, 6) is 0.772. The van der Waals surface area contributed by atoms with Crippen molar-refractivity contribution in [2.75, 3.05) is 39.5 Å². The summed E-state index contributed by atoms with van der Waals surface area (Å²) in [7, 11) is 5.74. The number of carbonyl (C=O) groups is 1. The van der Waals surface area contributed by atoms with E-state index < -0.39 is 0 Å². The van der Waals surface area contributed by atoms with Gasteiger partial charge in [-0.1, -0.05) is 0 Å². The predicted molar refractivity (Wildman–Crippen MR) is 87.8 cm³/mol. The van der Waals surface area contributed by atoms with Crippen molar-refractivity contribution in [2.24, 2.45) is 5.92 Å². The van der Waals surface area contributed by atoms with Crippen LogP contribution in [0.15, 0.2) is 24.3 Å². The molecular formula is C17H27N3O. The molecule has 1 fully saturated rings. The van der Waals surface area contributed by atoms with E-state index in [1.807, 2.05) is 24.3 Å². The molecule has 2 rings (SSSR count). The number of piperidine rings is 1. The lowest BCUT2D eigenvalue weighted by molar-refractivity contribution is 0.0827. The zero-order valence-corrected chi connectivity index (χ0v) is 13.6. The Balaban J connectivity index is 1.92. The molecule has 4 nitrogen and oxygen atoms in total. The van der Waals surface area contributed by atoms with E-state index in [1.54, 1.807) is 19.0 Å². The molecule has 0 saturated carbocycles. The summed E-state index contributed by atoms with van der Waals surface area (Å²) in [6, 6.07) is 8.26. The van der Waals surface area contributed by atoms with Gasteiger partial charge in [0.05, 0.1) is 0 Å². The van der Waals surface area contributed by atoms with Gasteiger partial charge in [-0.25, -0.2) is 0 Å². The molecule has 21 heavy (non-hydrogen) atoms. The lowest BCUT2D eigenvalue weighted by Crippen LogP contribution is -2.37. The molecule has 1 saturated heterocycles. The Morgan fingerprint density at radius 3 is 2.33 bits per heavy atom. The second-order valence-electron chi connectivity index (χ2n) is 6.35. The van der Waals surface area contributed by atoms with Crippen LogP contribution in [0.4, 0.5) is 5.69 Å². The summed E-state index contributed by atoms with van der Waals surface area (Å²) in [5, 5.41) is 3.58. The zero-order valence-electron chi connectivity index (χ0n) is 13.6. The Bertz CT molecular complexity index is 461. The van der Waals surface area contributed by atoms with Crippen molar-refractivity contribution < 1.29 is 4.79 Å². The van der Waals surface area contributed by atoms with E-state index >= 15 is 0 Å². The number of nitrogens with one attached hydrogen (secondary N) is 1. The first kappa shape index (κ1) is 15.8. The molecule has 1 atom stereocenters. The molecule has 1 aliphatic rings. The van der Waals surface area contributed by atoms with Gasteiger partial charge in [-0.05, 0) is 70.1 Å². The second-order valence-corrected chi connectivity index (χ2v) is 6.35. The molecule has 1 heterocycles. The third-order valence-corrected chi connectivity index (χ3v) is 4.40. The summed E-state index contributed by atoms with van der Waals surface area (Å²) in [6.07, 6.45) is 2.50. The van der Waals surface area contributed by atoms with Crippen molar-refractivity contribution in [1.29, 1.82) is 0 Å². The maximum atomic E-state index is 11.9. The van der Waals surface area contributed by atoms with Crippen LogP contribution in [0.2, 0.25) is 0 Å². The Morgan fingerprint density at radius 2 is 1.81 bits per heavy atom. The highest BCUT2D eigenvalue weighted by Gasteiger charge is 2.22. The number of anilines is 1. The van der Waals surface area contributed by atoms with Gasteiger partial charge in [-0.2, -0.15) is 0 Å². The number of hydrogen-bond donors (Lipinski definition) is 1. The van der Waals surface area contributed by atoms with Crippen LogP contribution in [0.1, 0.15) is 30.1 Å². The first-order chi connectivity index (χ1) is 9.97. The molecule has 0 spiro atoms. The minimum Gasteiger partial charge on any atom is -0.382 e. The van der Waals surface area contributed by atoms with E-state index in [1.165, 1.54) is 25.9 Å². The van der Waals surface area contributed by atoms with Crippen LogP contribution < -0.4 is 5.32 Å². The highest BCUT2D eigenvalue weighted by Crippen LogP contribution is 2.22. The number of benzene rings is 1. The van der Waals surface area contributed by atoms with Gasteiger partial charge in [0, 0.05) is 31.4 Å². The molecule has 116 valence electrons. The molecule has 0 aliphatic carbocycles. The molecule has 1 amide bonds. The Kier molecular flexibility index (Phi) is 5.23. The molecule has 0 radical (unpaired) electrons. The van der Waals surface area contributed by atoms with Gasteiger partial charge < -0.3 is 15.1 Å². The summed E-state index contributed by atoms with van der Waals surface area (Å²) in [6.45, 7) is 4.63. The number of hydrogen-bond acceptors (Lipinski definition) is 3. The zero-order chi connectivity index (χ0) is 15.4. The lowest BCUT2D eigenvalue weighted by atomic mass is 9.90. The first-order valence-corrected chi connectivity index (χ1v) is 7.74. The first-order valence-electron chi connectivity index (χ1n) is 7.74. The SMILES string of the molecule is CC(Nc1ccc(C(=O)N(C)C)cc1)C1CCN(C)CC1. The van der Waals surface area contributed by atoms with Gasteiger partial charge in [0.25, 0.3) is 5.91 Å². The van der Waals surface area contributed by atoms with Crippen LogP contribution in [0.25, 0.3) is 0 Å². The van der Waals surface area contributed by atoms with Crippen LogP contribution in [-0.2, 0) is 0 Å². The largest absolute Gasteiger partial charge is 0.382 e. The van der Waals surface area contributed by atoms with Crippen molar-refractivity contribution in [3.05, 3.63) is 29.8 Å². The van der Waals surface area contributed by atoms with Crippen LogP contribution in [0, 0.1) is 5.92 Å². The molecule has 1 aromatic carbocycles. The average molecular weight is 289 g/mol. The van der Waals surface area contributed by atoms with Crippen LogP contribution in [0.5, 0.6) is 0 Å². The monoisotopic (exact) mass is 289 g/mol. The molecule has 1 aromatic rings. The van der Waals surface area contributed by atoms with Crippen molar-refractivity contribution in [2.45, 2.75) is 25.8 Å². The summed E-state index contributed by atoms with van der Waals surface area (Å²) in [4.78, 5) is 15.9. The smallest absolute Gasteiger partial charge is 0.253 e. The fourth-order valence-corrected chi connectivity index (χ4v) is 2.88. The Morgan fingerprint density at radius 1 is 1.24 bits per heavy atom. The quantitative estimate of drug-likeness (QED) is 0.925. The van der Waals surface area contributed by atoms with E-state index in [4.69, 9.17) is 0 Å². The maximum absolute atomic E-state index is 11.9. The summed E-state index contributed by atoms with van der Waals surface area (Å²) in [5.41, 5.74) is 1.83. The van der Waals surface area contributed by atoms with Gasteiger partial charge in [0.1, 0.15) is 0 Å². The van der Waals surface area contributed by atoms with E-state index in [2.05, 4.69) is 24.2 Å². The van der Waals surface area contributed by atoms with Gasteiger partial charge in [0.15, 0.2) is 0 Å². The number of likely N-dealkylation sites (tertiary alicyclic amines) is 1. The highest BCUT2D eigenvalue weighted by atomic mass is 16.2. The fraction of sp³-hybridized carbons (Fsp3) is 0.588. The number of nitrogens with zero attached hydrogens (tertiary/aromatic N) is 2. The maximum Gasteiger partial charge on any atom is 0.253 e. The molecule has 1 unspecified atom stereocenters. The molecular weight excluding hydrogens is 262 g/mol. The fourth-order valence-electron chi connectivity index (χ4n) is 2.88. The van der Waals surface area contributed by atoms with Gasteiger partial charge >= 0.3 is 0 Å². The van der Waals surface area contributed by atoms with E-state index in [0.717, 1.165) is 17.2 Å². The van der Waals surface area contributed by atoms with Gasteiger partial charge in [-0.15, -0.1) is 0 Å². The van der Waals surface area contributed by atoms with Crippen molar-refractivity contribution in [3.63, 3.8) is 0 Å². The van der Waals surface area contributed by atoms with Gasteiger partial charge in [0.2, 0.25) is 0 Å². The normalized spacial score (nSPS) is 18.3. The topological polar surface area (TPSA) is 35.6 Å². The molecule has 0 aromatic heterocycles. The lowest BCUT2D eigenvalue weighted by Gasteiger charge is -2.33. The highest BCUT2D eigenvalue weighted by molar-refractivity contribution is 5.94. The Hall–Kier alpha value is -1.55. The third-order valence-electron chi connectivity index (χ3n) is 4.40. The van der Waals surface area contributed by atoms with Crippen LogP contribution in [-0.4, -0.2) is 56.0 Å². The molecule has 1 aliphatic heterocycles. The average Bonchev–Trinajstić information content (AvgIpc) is 2.47. The second kappa shape index (κ2) is 6.94.